The molecule has 1 aromatic heterocycles. The van der Waals surface area contributed by atoms with Crippen molar-refractivity contribution in [3.8, 4) is 0 Å². The third kappa shape index (κ3) is 3.06. The predicted molar refractivity (Wildman–Crippen MR) is 67.5 cm³/mol. The summed E-state index contributed by atoms with van der Waals surface area (Å²) in [6, 6.07) is 3.87. The van der Waals surface area contributed by atoms with Gasteiger partial charge < -0.3 is 10.4 Å². The summed E-state index contributed by atoms with van der Waals surface area (Å²) in [5, 5.41) is 12.6. The zero-order chi connectivity index (χ0) is 11.6. The summed E-state index contributed by atoms with van der Waals surface area (Å²) in [6.07, 6.45) is 3.06. The molecule has 0 aliphatic heterocycles. The Labute approximate surface area is 107 Å². The Bertz CT molecular complexity index is 387. The van der Waals surface area contributed by atoms with E-state index in [2.05, 4.69) is 21.2 Å². The van der Waals surface area contributed by atoms with E-state index in [1.165, 1.54) is 0 Å². The van der Waals surface area contributed by atoms with E-state index < -0.39 is 5.60 Å². The van der Waals surface area contributed by atoms with Gasteiger partial charge in [0.05, 0.1) is 15.8 Å². The zero-order valence-electron chi connectivity index (χ0n) is 8.83. The Balaban J connectivity index is 1.76. The zero-order valence-corrected chi connectivity index (χ0v) is 11.2. The Morgan fingerprint density at radius 2 is 2.31 bits per heavy atom. The van der Waals surface area contributed by atoms with Crippen LogP contribution in [-0.2, 0) is 11.2 Å². The van der Waals surface area contributed by atoms with Gasteiger partial charge >= 0.3 is 0 Å². The van der Waals surface area contributed by atoms with Gasteiger partial charge in [0.25, 0.3) is 0 Å². The lowest BCUT2D eigenvalue weighted by Crippen LogP contribution is -2.48. The van der Waals surface area contributed by atoms with Crippen LogP contribution in [0.5, 0.6) is 0 Å². The minimum atomic E-state index is -0.633. The van der Waals surface area contributed by atoms with E-state index in [4.69, 9.17) is 0 Å². The molecule has 1 aliphatic rings. The van der Waals surface area contributed by atoms with Crippen molar-refractivity contribution in [2.24, 2.45) is 0 Å². The molecule has 0 atom stereocenters. The maximum atomic E-state index is 11.6. The van der Waals surface area contributed by atoms with Crippen molar-refractivity contribution >= 4 is 33.2 Å². The first kappa shape index (κ1) is 12.1. The van der Waals surface area contributed by atoms with E-state index in [0.717, 1.165) is 27.9 Å². The number of halogens is 1. The van der Waals surface area contributed by atoms with Crippen LogP contribution in [0.2, 0.25) is 0 Å². The average Bonchev–Trinajstić information content (AvgIpc) is 2.58. The molecule has 3 nitrogen and oxygen atoms in total. The fraction of sp³-hybridized carbons (Fsp3) is 0.545. The Morgan fingerprint density at radius 3 is 2.81 bits per heavy atom. The second-order valence-electron chi connectivity index (χ2n) is 4.24. The number of carbonyl (C=O) groups is 1. The van der Waals surface area contributed by atoms with Crippen molar-refractivity contribution in [1.29, 1.82) is 0 Å². The Morgan fingerprint density at radius 1 is 1.56 bits per heavy atom. The van der Waals surface area contributed by atoms with E-state index in [0.29, 0.717) is 13.0 Å². The predicted octanol–water partition coefficient (Wildman–Crippen LogP) is 2.08. The van der Waals surface area contributed by atoms with Crippen molar-refractivity contribution in [2.75, 3.05) is 6.54 Å². The molecule has 0 aromatic carbocycles. The normalized spacial score (nSPS) is 17.9. The molecule has 0 bridgehead atoms. The van der Waals surface area contributed by atoms with Gasteiger partial charge in [-0.25, -0.2) is 0 Å². The summed E-state index contributed by atoms with van der Waals surface area (Å²) >= 11 is 4.92. The second kappa shape index (κ2) is 4.85. The molecule has 1 aliphatic carbocycles. The third-order valence-electron chi connectivity index (χ3n) is 2.86. The minimum absolute atomic E-state index is 0.0188. The highest BCUT2D eigenvalue weighted by atomic mass is 79.9. The molecule has 1 saturated carbocycles. The monoisotopic (exact) mass is 303 g/mol. The van der Waals surface area contributed by atoms with Crippen LogP contribution in [0.4, 0.5) is 0 Å². The fourth-order valence-electron chi connectivity index (χ4n) is 1.69. The number of hydrogen-bond donors (Lipinski definition) is 2. The molecular weight excluding hydrogens is 290 g/mol. The van der Waals surface area contributed by atoms with Crippen LogP contribution in [0.1, 0.15) is 24.1 Å². The largest absolute Gasteiger partial charge is 0.388 e. The summed E-state index contributed by atoms with van der Waals surface area (Å²) < 4.78 is 1.04. The highest BCUT2D eigenvalue weighted by Gasteiger charge is 2.34. The highest BCUT2D eigenvalue weighted by Crippen LogP contribution is 2.30. The van der Waals surface area contributed by atoms with Crippen molar-refractivity contribution in [3.63, 3.8) is 0 Å². The van der Waals surface area contributed by atoms with Gasteiger partial charge in [0.15, 0.2) is 0 Å². The highest BCUT2D eigenvalue weighted by molar-refractivity contribution is 9.11. The van der Waals surface area contributed by atoms with Crippen molar-refractivity contribution < 1.29 is 9.90 Å². The standard InChI is InChI=1S/C11H14BrNO2S/c12-9-3-2-8(16-9)6-10(14)13-7-11(15)4-1-5-11/h2-3,15H,1,4-7H2,(H,13,14). The van der Waals surface area contributed by atoms with Crippen LogP contribution in [0.15, 0.2) is 15.9 Å². The van der Waals surface area contributed by atoms with Crippen molar-refractivity contribution in [3.05, 3.63) is 20.8 Å². The summed E-state index contributed by atoms with van der Waals surface area (Å²) in [5.41, 5.74) is -0.633. The maximum absolute atomic E-state index is 11.6. The molecule has 0 unspecified atom stereocenters. The van der Waals surface area contributed by atoms with Gasteiger partial charge in [0.1, 0.15) is 0 Å². The lowest BCUT2D eigenvalue weighted by atomic mass is 9.80. The fourth-order valence-corrected chi connectivity index (χ4v) is 3.17. The van der Waals surface area contributed by atoms with Crippen LogP contribution in [0.3, 0.4) is 0 Å². The molecule has 16 heavy (non-hydrogen) atoms. The van der Waals surface area contributed by atoms with Crippen molar-refractivity contribution in [1.82, 2.24) is 5.32 Å². The van der Waals surface area contributed by atoms with Crippen LogP contribution >= 0.6 is 27.3 Å². The molecule has 88 valence electrons. The maximum Gasteiger partial charge on any atom is 0.225 e. The molecule has 2 N–H and O–H groups in total. The SMILES string of the molecule is O=C(Cc1ccc(Br)s1)NCC1(O)CCC1. The number of hydrogen-bond acceptors (Lipinski definition) is 3. The summed E-state index contributed by atoms with van der Waals surface area (Å²) in [4.78, 5) is 12.6. The van der Waals surface area contributed by atoms with Gasteiger partial charge in [-0.1, -0.05) is 0 Å². The third-order valence-corrected chi connectivity index (χ3v) is 4.49. The first-order chi connectivity index (χ1) is 7.57. The summed E-state index contributed by atoms with van der Waals surface area (Å²) in [5.74, 6) is -0.0188. The molecule has 0 saturated heterocycles. The minimum Gasteiger partial charge on any atom is -0.388 e. The number of aliphatic hydroxyl groups is 1. The van der Waals surface area contributed by atoms with Crippen LogP contribution in [0, 0.1) is 0 Å². The Hall–Kier alpha value is -0.390. The van der Waals surface area contributed by atoms with E-state index in [9.17, 15) is 9.90 Å². The van der Waals surface area contributed by atoms with Gasteiger partial charge in [-0.2, -0.15) is 0 Å². The van der Waals surface area contributed by atoms with Gasteiger partial charge in [-0.3, -0.25) is 4.79 Å². The van der Waals surface area contributed by atoms with Gasteiger partial charge in [-0.05, 0) is 47.3 Å². The molecule has 1 fully saturated rings. The van der Waals surface area contributed by atoms with Crippen LogP contribution < -0.4 is 5.32 Å². The van der Waals surface area contributed by atoms with E-state index in [1.807, 2.05) is 12.1 Å². The number of rotatable bonds is 4. The van der Waals surface area contributed by atoms with Crippen LogP contribution in [-0.4, -0.2) is 23.2 Å². The van der Waals surface area contributed by atoms with E-state index >= 15 is 0 Å². The smallest absolute Gasteiger partial charge is 0.225 e. The molecule has 1 heterocycles. The average molecular weight is 304 g/mol. The first-order valence-electron chi connectivity index (χ1n) is 5.31. The number of thiophene rings is 1. The number of carbonyl (C=O) groups excluding carboxylic acids is 1. The molecular formula is C11H14BrNO2S. The lowest BCUT2D eigenvalue weighted by Gasteiger charge is -2.36. The topological polar surface area (TPSA) is 49.3 Å². The van der Waals surface area contributed by atoms with Crippen LogP contribution in [0.25, 0.3) is 0 Å². The second-order valence-corrected chi connectivity index (χ2v) is 6.78. The number of nitrogens with one attached hydrogen (secondary N) is 1. The Kier molecular flexibility index (Phi) is 3.66. The van der Waals surface area contributed by atoms with Crippen molar-refractivity contribution in [2.45, 2.75) is 31.3 Å². The molecule has 1 aromatic rings. The summed E-state index contributed by atoms with van der Waals surface area (Å²) in [6.45, 7) is 0.387. The lowest BCUT2D eigenvalue weighted by molar-refractivity contribution is -0.122. The quantitative estimate of drug-likeness (QED) is 0.895. The van der Waals surface area contributed by atoms with E-state index in [1.54, 1.807) is 11.3 Å². The van der Waals surface area contributed by atoms with Gasteiger partial charge in [0.2, 0.25) is 5.91 Å². The van der Waals surface area contributed by atoms with Gasteiger partial charge in [0, 0.05) is 11.4 Å². The molecule has 0 spiro atoms. The summed E-state index contributed by atoms with van der Waals surface area (Å²) in [7, 11) is 0. The van der Waals surface area contributed by atoms with Gasteiger partial charge in [-0.15, -0.1) is 11.3 Å². The molecule has 0 radical (unpaired) electrons. The van der Waals surface area contributed by atoms with E-state index in [-0.39, 0.29) is 5.91 Å². The first-order valence-corrected chi connectivity index (χ1v) is 6.92. The molecule has 5 heteroatoms. The number of amides is 1. The molecule has 2 rings (SSSR count). The molecule has 1 amide bonds.